The van der Waals surface area contributed by atoms with E-state index in [-0.39, 0.29) is 17.0 Å². The van der Waals surface area contributed by atoms with Crippen molar-refractivity contribution >= 4 is 10.0 Å². The Morgan fingerprint density at radius 1 is 1.33 bits per heavy atom. The number of benzene rings is 1. The van der Waals surface area contributed by atoms with Crippen molar-refractivity contribution in [2.45, 2.75) is 44.2 Å². The molecule has 0 spiro atoms. The van der Waals surface area contributed by atoms with E-state index in [1.54, 1.807) is 25.2 Å². The zero-order valence-electron chi connectivity index (χ0n) is 13.2. The molecule has 0 heterocycles. The quantitative estimate of drug-likeness (QED) is 0.798. The number of nitrogens with zero attached hydrogens (tertiary/aromatic N) is 1. The van der Waals surface area contributed by atoms with Crippen LogP contribution < -0.4 is 5.73 Å². The number of likely N-dealkylation sites (N-methyl/N-ethyl adjacent to an activating group) is 1. The smallest absolute Gasteiger partial charge is 0.242 e. The molecular formula is C15H26N2O3S. The van der Waals surface area contributed by atoms with Gasteiger partial charge in [-0.15, -0.1) is 0 Å². The van der Waals surface area contributed by atoms with Gasteiger partial charge in [-0.1, -0.05) is 19.1 Å². The van der Waals surface area contributed by atoms with E-state index in [4.69, 9.17) is 10.5 Å². The zero-order valence-corrected chi connectivity index (χ0v) is 14.1. The van der Waals surface area contributed by atoms with Gasteiger partial charge in [0, 0.05) is 19.6 Å². The molecule has 0 fully saturated rings. The molecule has 1 rings (SSSR count). The predicted octanol–water partition coefficient (Wildman–Crippen LogP) is 2.14. The highest BCUT2D eigenvalue weighted by molar-refractivity contribution is 7.89. The third-order valence-electron chi connectivity index (χ3n) is 3.29. The second-order valence-electron chi connectivity index (χ2n) is 5.33. The first-order valence-electron chi connectivity index (χ1n) is 7.22. The van der Waals surface area contributed by atoms with Crippen LogP contribution in [0.3, 0.4) is 0 Å². The third-order valence-corrected chi connectivity index (χ3v) is 5.14. The van der Waals surface area contributed by atoms with E-state index in [0.29, 0.717) is 13.2 Å². The lowest BCUT2D eigenvalue weighted by Gasteiger charge is -2.19. The lowest BCUT2D eigenvalue weighted by Crippen LogP contribution is -2.31. The van der Waals surface area contributed by atoms with Gasteiger partial charge in [-0.25, -0.2) is 8.42 Å². The van der Waals surface area contributed by atoms with Crippen molar-refractivity contribution in [3.63, 3.8) is 0 Å². The summed E-state index contributed by atoms with van der Waals surface area (Å²) in [6, 6.07) is 6.70. The van der Waals surface area contributed by atoms with E-state index < -0.39 is 10.0 Å². The van der Waals surface area contributed by atoms with Crippen LogP contribution in [0, 0.1) is 0 Å². The van der Waals surface area contributed by atoms with Gasteiger partial charge in [0.2, 0.25) is 10.0 Å². The number of rotatable bonds is 8. The van der Waals surface area contributed by atoms with Crippen LogP contribution in [0.15, 0.2) is 29.2 Å². The maximum absolute atomic E-state index is 12.5. The molecule has 0 saturated heterocycles. The summed E-state index contributed by atoms with van der Waals surface area (Å²) in [5.41, 5.74) is 6.81. The van der Waals surface area contributed by atoms with E-state index in [1.165, 1.54) is 4.31 Å². The summed E-state index contributed by atoms with van der Waals surface area (Å²) in [6.45, 7) is 6.52. The lowest BCUT2D eigenvalue weighted by molar-refractivity contribution is 0.0737. The normalized spacial score (nSPS) is 13.9. The van der Waals surface area contributed by atoms with Crippen LogP contribution in [-0.2, 0) is 14.8 Å². The molecule has 0 aliphatic rings. The van der Waals surface area contributed by atoms with Crippen molar-refractivity contribution in [2.75, 3.05) is 20.2 Å². The van der Waals surface area contributed by atoms with Crippen LogP contribution in [0.4, 0.5) is 0 Å². The summed E-state index contributed by atoms with van der Waals surface area (Å²) >= 11 is 0. The Balaban J connectivity index is 2.86. The van der Waals surface area contributed by atoms with E-state index in [0.717, 1.165) is 12.0 Å². The van der Waals surface area contributed by atoms with Gasteiger partial charge < -0.3 is 10.5 Å². The summed E-state index contributed by atoms with van der Waals surface area (Å²) in [5.74, 6) is 0. The van der Waals surface area contributed by atoms with Crippen LogP contribution >= 0.6 is 0 Å². The second kappa shape index (κ2) is 7.89. The molecule has 1 atom stereocenters. The van der Waals surface area contributed by atoms with Gasteiger partial charge in [-0.05, 0) is 38.0 Å². The molecule has 0 saturated carbocycles. The van der Waals surface area contributed by atoms with Crippen LogP contribution in [-0.4, -0.2) is 39.0 Å². The second-order valence-corrected chi connectivity index (χ2v) is 7.38. The fourth-order valence-corrected chi connectivity index (χ4v) is 3.07. The first-order chi connectivity index (χ1) is 9.78. The average molecular weight is 314 g/mol. The fourth-order valence-electron chi connectivity index (χ4n) is 1.86. The Kier molecular flexibility index (Phi) is 6.80. The summed E-state index contributed by atoms with van der Waals surface area (Å²) in [6.07, 6.45) is 0.855. The van der Waals surface area contributed by atoms with Crippen molar-refractivity contribution < 1.29 is 13.2 Å². The molecular weight excluding hydrogens is 288 g/mol. The Labute approximate surface area is 128 Å². The molecule has 0 aliphatic heterocycles. The highest BCUT2D eigenvalue weighted by Crippen LogP contribution is 2.20. The topological polar surface area (TPSA) is 72.6 Å². The summed E-state index contributed by atoms with van der Waals surface area (Å²) in [7, 11) is -1.94. The number of sulfonamides is 1. The van der Waals surface area contributed by atoms with Gasteiger partial charge in [-0.3, -0.25) is 0 Å². The van der Waals surface area contributed by atoms with Gasteiger partial charge in [0.05, 0.1) is 17.6 Å². The van der Waals surface area contributed by atoms with Crippen LogP contribution in [0.1, 0.15) is 38.8 Å². The molecule has 2 N–H and O–H groups in total. The van der Waals surface area contributed by atoms with E-state index in [9.17, 15) is 8.42 Å². The fraction of sp³-hybridized carbons (Fsp3) is 0.600. The standard InChI is InChI=1S/C15H26N2O3S/c1-5-15(16)13-7-6-8-14(11-13)21(18,19)17(4)9-10-20-12(2)3/h6-8,11-12,15H,5,9-10,16H2,1-4H3. The molecule has 21 heavy (non-hydrogen) atoms. The first kappa shape index (κ1) is 18.1. The summed E-state index contributed by atoms with van der Waals surface area (Å²) < 4.78 is 31.7. The highest BCUT2D eigenvalue weighted by atomic mass is 32.2. The molecule has 0 aromatic heterocycles. The monoisotopic (exact) mass is 314 g/mol. The van der Waals surface area contributed by atoms with Gasteiger partial charge in [0.25, 0.3) is 0 Å². The molecule has 6 heteroatoms. The first-order valence-corrected chi connectivity index (χ1v) is 8.66. The van der Waals surface area contributed by atoms with E-state index in [2.05, 4.69) is 0 Å². The minimum atomic E-state index is -3.50. The summed E-state index contributed by atoms with van der Waals surface area (Å²) in [5, 5.41) is 0. The van der Waals surface area contributed by atoms with Crippen LogP contribution in [0.5, 0.6) is 0 Å². The average Bonchev–Trinajstić information content (AvgIpc) is 2.46. The van der Waals surface area contributed by atoms with Gasteiger partial charge in [0.15, 0.2) is 0 Å². The molecule has 0 radical (unpaired) electrons. The Morgan fingerprint density at radius 3 is 2.57 bits per heavy atom. The zero-order chi connectivity index (χ0) is 16.0. The minimum absolute atomic E-state index is 0.0898. The van der Waals surface area contributed by atoms with Gasteiger partial charge in [0.1, 0.15) is 0 Å². The molecule has 5 nitrogen and oxygen atoms in total. The number of ether oxygens (including phenoxy) is 1. The Bertz CT molecular complexity index is 544. The van der Waals surface area contributed by atoms with E-state index >= 15 is 0 Å². The molecule has 0 aliphatic carbocycles. The van der Waals surface area contributed by atoms with Gasteiger partial charge in [-0.2, -0.15) is 4.31 Å². The molecule has 1 aromatic carbocycles. The highest BCUT2D eigenvalue weighted by Gasteiger charge is 2.21. The van der Waals surface area contributed by atoms with Crippen molar-refractivity contribution in [1.82, 2.24) is 4.31 Å². The maximum atomic E-state index is 12.5. The predicted molar refractivity (Wildman–Crippen MR) is 84.6 cm³/mol. The molecule has 1 unspecified atom stereocenters. The maximum Gasteiger partial charge on any atom is 0.242 e. The largest absolute Gasteiger partial charge is 0.377 e. The van der Waals surface area contributed by atoms with Crippen LogP contribution in [0.25, 0.3) is 0 Å². The number of hydrogen-bond donors (Lipinski definition) is 1. The number of nitrogens with two attached hydrogens (primary N) is 1. The minimum Gasteiger partial charge on any atom is -0.377 e. The molecule has 0 amide bonds. The van der Waals surface area contributed by atoms with Crippen molar-refractivity contribution in [3.8, 4) is 0 Å². The Hall–Kier alpha value is -0.950. The number of hydrogen-bond acceptors (Lipinski definition) is 4. The Morgan fingerprint density at radius 2 is 2.00 bits per heavy atom. The summed E-state index contributed by atoms with van der Waals surface area (Å²) in [4.78, 5) is 0.274. The van der Waals surface area contributed by atoms with Crippen molar-refractivity contribution in [3.05, 3.63) is 29.8 Å². The van der Waals surface area contributed by atoms with E-state index in [1.807, 2.05) is 26.8 Å². The SMILES string of the molecule is CCC(N)c1cccc(S(=O)(=O)N(C)CCOC(C)C)c1. The lowest BCUT2D eigenvalue weighted by atomic mass is 10.1. The molecule has 1 aromatic rings. The molecule has 120 valence electrons. The van der Waals surface area contributed by atoms with Crippen molar-refractivity contribution in [1.29, 1.82) is 0 Å². The van der Waals surface area contributed by atoms with Crippen molar-refractivity contribution in [2.24, 2.45) is 5.73 Å². The van der Waals surface area contributed by atoms with Crippen LogP contribution in [0.2, 0.25) is 0 Å². The molecule has 0 bridgehead atoms. The third kappa shape index (κ3) is 5.07. The van der Waals surface area contributed by atoms with Gasteiger partial charge >= 0.3 is 0 Å².